The summed E-state index contributed by atoms with van der Waals surface area (Å²) in [6, 6.07) is 17.5. The summed E-state index contributed by atoms with van der Waals surface area (Å²) in [6.45, 7) is 2.35. The first kappa shape index (κ1) is 18.4. The van der Waals surface area contributed by atoms with Crippen LogP contribution in [0.25, 0.3) is 6.08 Å². The Bertz CT molecular complexity index is 767. The standard InChI is InChI=1S/C19H24N2O2S/c1-16-9-11-18(12-10-16)19(21(2)3)15-20-24(22,23)14-13-17-7-5-4-6-8-17/h4-14,19-20H,15H2,1-3H3/b14-13+. The fourth-order valence-electron chi connectivity index (χ4n) is 2.36. The van der Waals surface area contributed by atoms with Crippen LogP contribution in [-0.4, -0.2) is 34.0 Å². The molecule has 0 saturated carbocycles. The number of hydrogen-bond acceptors (Lipinski definition) is 3. The lowest BCUT2D eigenvalue weighted by Crippen LogP contribution is -2.33. The van der Waals surface area contributed by atoms with Gasteiger partial charge in [0, 0.05) is 18.0 Å². The molecule has 1 atom stereocenters. The predicted molar refractivity (Wildman–Crippen MR) is 100 cm³/mol. The van der Waals surface area contributed by atoms with E-state index in [0.717, 1.165) is 11.1 Å². The molecule has 0 aliphatic carbocycles. The van der Waals surface area contributed by atoms with E-state index in [4.69, 9.17) is 0 Å². The second kappa shape index (κ2) is 8.24. The van der Waals surface area contributed by atoms with Crippen molar-refractivity contribution in [2.75, 3.05) is 20.6 Å². The number of sulfonamides is 1. The Hall–Kier alpha value is -1.95. The number of hydrogen-bond donors (Lipinski definition) is 1. The molecular formula is C19H24N2O2S. The normalized spacial score (nSPS) is 13.5. The first-order valence-corrected chi connectivity index (χ1v) is 9.38. The fraction of sp³-hybridized carbons (Fsp3) is 0.263. The molecule has 5 heteroatoms. The summed E-state index contributed by atoms with van der Waals surface area (Å²) in [5, 5.41) is 1.21. The number of benzene rings is 2. The highest BCUT2D eigenvalue weighted by atomic mass is 32.2. The van der Waals surface area contributed by atoms with Crippen molar-refractivity contribution < 1.29 is 8.42 Å². The number of rotatable bonds is 7. The number of nitrogens with one attached hydrogen (secondary N) is 1. The molecule has 0 spiro atoms. The lowest BCUT2D eigenvalue weighted by molar-refractivity contribution is 0.299. The van der Waals surface area contributed by atoms with E-state index in [9.17, 15) is 8.42 Å². The topological polar surface area (TPSA) is 49.4 Å². The molecule has 0 bridgehead atoms. The quantitative estimate of drug-likeness (QED) is 0.839. The zero-order chi connectivity index (χ0) is 17.6. The summed E-state index contributed by atoms with van der Waals surface area (Å²) in [7, 11) is 0.404. The Balaban J connectivity index is 2.05. The van der Waals surface area contributed by atoms with Gasteiger partial charge in [0.05, 0.1) is 0 Å². The molecule has 128 valence electrons. The largest absolute Gasteiger partial charge is 0.301 e. The number of aryl methyl sites for hydroxylation is 1. The van der Waals surface area contributed by atoms with Crippen LogP contribution in [0.1, 0.15) is 22.7 Å². The van der Waals surface area contributed by atoms with Crippen LogP contribution >= 0.6 is 0 Å². The highest BCUT2D eigenvalue weighted by Crippen LogP contribution is 2.18. The first-order chi connectivity index (χ1) is 11.4. The second-order valence-corrected chi connectivity index (χ2v) is 7.65. The van der Waals surface area contributed by atoms with Crippen LogP contribution in [0.15, 0.2) is 60.0 Å². The summed E-state index contributed by atoms with van der Waals surface area (Å²) in [5.41, 5.74) is 3.12. The van der Waals surface area contributed by atoms with Crippen molar-refractivity contribution in [1.82, 2.24) is 9.62 Å². The van der Waals surface area contributed by atoms with Crippen molar-refractivity contribution in [3.63, 3.8) is 0 Å². The molecule has 1 unspecified atom stereocenters. The van der Waals surface area contributed by atoms with Gasteiger partial charge in [-0.15, -0.1) is 0 Å². The molecule has 0 fully saturated rings. The molecule has 0 amide bonds. The average molecular weight is 344 g/mol. The fourth-order valence-corrected chi connectivity index (χ4v) is 3.19. The Labute approximate surface area is 144 Å². The molecule has 2 rings (SSSR count). The molecular weight excluding hydrogens is 320 g/mol. The minimum atomic E-state index is -3.48. The molecule has 0 heterocycles. The van der Waals surface area contributed by atoms with E-state index in [1.165, 1.54) is 11.0 Å². The van der Waals surface area contributed by atoms with E-state index in [-0.39, 0.29) is 6.04 Å². The van der Waals surface area contributed by atoms with Crippen LogP contribution in [0.4, 0.5) is 0 Å². The van der Waals surface area contributed by atoms with Crippen LogP contribution in [0.2, 0.25) is 0 Å². The van der Waals surface area contributed by atoms with Gasteiger partial charge in [0.15, 0.2) is 0 Å². The van der Waals surface area contributed by atoms with E-state index < -0.39 is 10.0 Å². The smallest absolute Gasteiger partial charge is 0.233 e. The zero-order valence-corrected chi connectivity index (χ0v) is 15.1. The highest BCUT2D eigenvalue weighted by molar-refractivity contribution is 7.92. The average Bonchev–Trinajstić information content (AvgIpc) is 2.55. The predicted octanol–water partition coefficient (Wildman–Crippen LogP) is 3.19. The van der Waals surface area contributed by atoms with Gasteiger partial charge in [-0.25, -0.2) is 13.1 Å². The minimum Gasteiger partial charge on any atom is -0.301 e. The van der Waals surface area contributed by atoms with Gasteiger partial charge >= 0.3 is 0 Å². The van der Waals surface area contributed by atoms with Crippen molar-refractivity contribution in [3.8, 4) is 0 Å². The Morgan fingerprint density at radius 3 is 2.25 bits per heavy atom. The molecule has 2 aromatic carbocycles. The molecule has 0 aromatic heterocycles. The minimum absolute atomic E-state index is 0.0227. The maximum absolute atomic E-state index is 12.2. The summed E-state index contributed by atoms with van der Waals surface area (Å²) in [4.78, 5) is 2.01. The summed E-state index contributed by atoms with van der Waals surface area (Å²) >= 11 is 0. The van der Waals surface area contributed by atoms with E-state index in [1.54, 1.807) is 6.08 Å². The molecule has 1 N–H and O–H groups in total. The van der Waals surface area contributed by atoms with Crippen LogP contribution in [0.3, 0.4) is 0 Å². The zero-order valence-electron chi connectivity index (χ0n) is 14.3. The molecule has 0 aliphatic heterocycles. The summed E-state index contributed by atoms with van der Waals surface area (Å²) < 4.78 is 27.1. The van der Waals surface area contributed by atoms with Crippen LogP contribution in [0.5, 0.6) is 0 Å². The first-order valence-electron chi connectivity index (χ1n) is 7.83. The highest BCUT2D eigenvalue weighted by Gasteiger charge is 2.16. The lowest BCUT2D eigenvalue weighted by atomic mass is 10.0. The van der Waals surface area contributed by atoms with Crippen molar-refractivity contribution in [1.29, 1.82) is 0 Å². The molecule has 0 radical (unpaired) electrons. The molecule has 0 saturated heterocycles. The van der Waals surface area contributed by atoms with Gasteiger partial charge in [-0.2, -0.15) is 0 Å². The molecule has 0 aliphatic rings. The van der Waals surface area contributed by atoms with Crippen LogP contribution in [0, 0.1) is 6.92 Å². The van der Waals surface area contributed by atoms with Gasteiger partial charge in [-0.05, 0) is 38.2 Å². The summed E-state index contributed by atoms with van der Waals surface area (Å²) in [5.74, 6) is 0. The number of likely N-dealkylation sites (N-methyl/N-ethyl adjacent to an activating group) is 1. The lowest BCUT2D eigenvalue weighted by Gasteiger charge is -2.25. The van der Waals surface area contributed by atoms with Crippen LogP contribution < -0.4 is 4.72 Å². The maximum atomic E-state index is 12.2. The van der Waals surface area contributed by atoms with Gasteiger partial charge < -0.3 is 4.90 Å². The van der Waals surface area contributed by atoms with Crippen molar-refractivity contribution in [3.05, 3.63) is 76.7 Å². The van der Waals surface area contributed by atoms with Crippen LogP contribution in [-0.2, 0) is 10.0 Å². The summed E-state index contributed by atoms with van der Waals surface area (Å²) in [6.07, 6.45) is 1.60. The number of nitrogens with zero attached hydrogens (tertiary/aromatic N) is 1. The Kier molecular flexibility index (Phi) is 6.31. The molecule has 24 heavy (non-hydrogen) atoms. The van der Waals surface area contributed by atoms with E-state index >= 15 is 0 Å². The van der Waals surface area contributed by atoms with Gasteiger partial charge in [0.1, 0.15) is 0 Å². The Morgan fingerprint density at radius 2 is 1.67 bits per heavy atom. The second-order valence-electron chi connectivity index (χ2n) is 6.00. The van der Waals surface area contributed by atoms with Gasteiger partial charge in [-0.3, -0.25) is 0 Å². The molecule has 4 nitrogen and oxygen atoms in total. The maximum Gasteiger partial charge on any atom is 0.233 e. The monoisotopic (exact) mass is 344 g/mol. The third kappa shape index (κ3) is 5.60. The van der Waals surface area contributed by atoms with Crippen molar-refractivity contribution in [2.45, 2.75) is 13.0 Å². The van der Waals surface area contributed by atoms with Crippen molar-refractivity contribution >= 4 is 16.1 Å². The van der Waals surface area contributed by atoms with E-state index in [0.29, 0.717) is 6.54 Å². The van der Waals surface area contributed by atoms with E-state index in [1.807, 2.05) is 80.5 Å². The molecule has 2 aromatic rings. The Morgan fingerprint density at radius 1 is 1.04 bits per heavy atom. The van der Waals surface area contributed by atoms with Gasteiger partial charge in [0.2, 0.25) is 10.0 Å². The van der Waals surface area contributed by atoms with Gasteiger partial charge in [-0.1, -0.05) is 60.2 Å². The third-order valence-corrected chi connectivity index (χ3v) is 4.87. The SMILES string of the molecule is Cc1ccc(C(CNS(=O)(=O)/C=C/c2ccccc2)N(C)C)cc1. The third-order valence-electron chi connectivity index (χ3n) is 3.80. The van der Waals surface area contributed by atoms with E-state index in [2.05, 4.69) is 4.72 Å². The van der Waals surface area contributed by atoms with Crippen molar-refractivity contribution in [2.24, 2.45) is 0 Å². The van der Waals surface area contributed by atoms with Gasteiger partial charge in [0.25, 0.3) is 0 Å².